The van der Waals surface area contributed by atoms with Crippen LogP contribution in [0.4, 0.5) is 0 Å². The van der Waals surface area contributed by atoms with Crippen LogP contribution in [0.2, 0.25) is 0 Å². The molecule has 1 unspecified atom stereocenters. The number of carbonyl (C=O) groups excluding carboxylic acids is 1. The molecule has 0 spiro atoms. The van der Waals surface area contributed by atoms with E-state index < -0.39 is 5.41 Å². The minimum atomic E-state index is -0.811. The van der Waals surface area contributed by atoms with Gasteiger partial charge in [-0.15, -0.1) is 0 Å². The Hall–Kier alpha value is -0.720. The smallest absolute Gasteiger partial charge is 0.232 e. The predicted molar refractivity (Wildman–Crippen MR) is 75.4 cm³/mol. The Morgan fingerprint density at radius 3 is 2.83 bits per heavy atom. The van der Waals surface area contributed by atoms with E-state index in [0.717, 1.165) is 19.6 Å². The third-order valence-electron chi connectivity index (χ3n) is 3.34. The summed E-state index contributed by atoms with van der Waals surface area (Å²) >= 11 is 4.89. The van der Waals surface area contributed by atoms with Crippen LogP contribution in [0.25, 0.3) is 0 Å². The van der Waals surface area contributed by atoms with Crippen molar-refractivity contribution < 1.29 is 9.53 Å². The van der Waals surface area contributed by atoms with Gasteiger partial charge in [0.15, 0.2) is 0 Å². The van der Waals surface area contributed by atoms with E-state index in [4.69, 9.17) is 22.7 Å². The number of hydrogen-bond donors (Lipinski definition) is 2. The van der Waals surface area contributed by atoms with Crippen LogP contribution in [0.5, 0.6) is 0 Å². The molecule has 0 bridgehead atoms. The van der Waals surface area contributed by atoms with Gasteiger partial charge in [0.1, 0.15) is 0 Å². The number of ether oxygens (including phenoxy) is 1. The first-order valence-electron chi connectivity index (χ1n) is 6.30. The number of thiocarbonyl (C=S) groups is 1. The summed E-state index contributed by atoms with van der Waals surface area (Å²) in [6.45, 7) is 9.61. The Morgan fingerprint density at radius 1 is 1.61 bits per heavy atom. The number of hydrogen-bond acceptors (Lipinski definition) is 4. The maximum atomic E-state index is 12.0. The SMILES string of the molecule is CCN1CCOC(CNC(=O)C(C)(C)C(N)=S)C1. The van der Waals surface area contributed by atoms with E-state index in [2.05, 4.69) is 17.1 Å². The molecule has 1 fully saturated rings. The summed E-state index contributed by atoms with van der Waals surface area (Å²) in [5, 5.41) is 2.86. The van der Waals surface area contributed by atoms with Gasteiger partial charge in [0.2, 0.25) is 5.91 Å². The highest BCUT2D eigenvalue weighted by Crippen LogP contribution is 2.15. The number of nitrogens with one attached hydrogen (secondary N) is 1. The molecule has 1 amide bonds. The topological polar surface area (TPSA) is 67.6 Å². The second-order valence-corrected chi connectivity index (χ2v) is 5.53. The molecule has 0 aromatic carbocycles. The second kappa shape index (κ2) is 6.45. The molecule has 0 aromatic heterocycles. The average Bonchev–Trinajstić information content (AvgIpc) is 2.35. The van der Waals surface area contributed by atoms with Gasteiger partial charge in [0.25, 0.3) is 0 Å². The quantitative estimate of drug-likeness (QED) is 0.697. The van der Waals surface area contributed by atoms with Gasteiger partial charge in [-0.25, -0.2) is 0 Å². The number of rotatable bonds is 5. The maximum Gasteiger partial charge on any atom is 0.232 e. The first kappa shape index (κ1) is 15.3. The van der Waals surface area contributed by atoms with Gasteiger partial charge < -0.3 is 15.8 Å². The molecule has 1 aliphatic heterocycles. The van der Waals surface area contributed by atoms with Gasteiger partial charge in [0, 0.05) is 19.6 Å². The molecule has 18 heavy (non-hydrogen) atoms. The molecule has 1 atom stereocenters. The number of amides is 1. The van der Waals surface area contributed by atoms with Crippen molar-refractivity contribution in [2.45, 2.75) is 26.9 Å². The molecular weight excluding hydrogens is 250 g/mol. The molecular formula is C12H23N3O2S. The van der Waals surface area contributed by atoms with Gasteiger partial charge in [-0.2, -0.15) is 0 Å². The lowest BCUT2D eigenvalue weighted by Crippen LogP contribution is -2.51. The third kappa shape index (κ3) is 3.90. The molecule has 0 aliphatic carbocycles. The highest BCUT2D eigenvalue weighted by atomic mass is 32.1. The first-order chi connectivity index (χ1) is 8.37. The highest BCUT2D eigenvalue weighted by molar-refractivity contribution is 7.80. The Balaban J connectivity index is 2.41. The van der Waals surface area contributed by atoms with E-state index in [1.165, 1.54) is 0 Å². The summed E-state index contributed by atoms with van der Waals surface area (Å²) in [6, 6.07) is 0. The molecule has 1 saturated heterocycles. The highest BCUT2D eigenvalue weighted by Gasteiger charge is 2.31. The van der Waals surface area contributed by atoms with Crippen LogP contribution in [0, 0.1) is 5.41 Å². The number of likely N-dealkylation sites (N-methyl/N-ethyl adjacent to an activating group) is 1. The van der Waals surface area contributed by atoms with Gasteiger partial charge in [-0.3, -0.25) is 9.69 Å². The van der Waals surface area contributed by atoms with Crippen LogP contribution >= 0.6 is 12.2 Å². The zero-order chi connectivity index (χ0) is 13.8. The molecule has 104 valence electrons. The molecule has 5 nitrogen and oxygen atoms in total. The molecule has 0 saturated carbocycles. The Morgan fingerprint density at radius 2 is 2.28 bits per heavy atom. The van der Waals surface area contributed by atoms with Gasteiger partial charge in [0.05, 0.1) is 23.1 Å². The summed E-state index contributed by atoms with van der Waals surface area (Å²) in [6.07, 6.45) is 0.0461. The van der Waals surface area contributed by atoms with Crippen LogP contribution in [-0.4, -0.2) is 54.7 Å². The summed E-state index contributed by atoms with van der Waals surface area (Å²) in [7, 11) is 0. The zero-order valence-electron chi connectivity index (χ0n) is 11.4. The molecule has 0 radical (unpaired) electrons. The van der Waals surface area contributed by atoms with E-state index in [1.54, 1.807) is 13.8 Å². The number of nitrogens with two attached hydrogens (primary N) is 1. The number of nitrogens with zero attached hydrogens (tertiary/aromatic N) is 1. The van der Waals surface area contributed by atoms with E-state index in [9.17, 15) is 4.79 Å². The van der Waals surface area contributed by atoms with Crippen molar-refractivity contribution in [3.63, 3.8) is 0 Å². The molecule has 3 N–H and O–H groups in total. The number of carbonyl (C=O) groups is 1. The standard InChI is InChI=1S/C12H23N3O2S/c1-4-15-5-6-17-9(8-15)7-14-11(16)12(2,3)10(13)18/h9H,4-8H2,1-3H3,(H2,13,18)(H,14,16). The van der Waals surface area contributed by atoms with Crippen molar-refractivity contribution >= 4 is 23.1 Å². The van der Waals surface area contributed by atoms with Crippen LogP contribution in [0.1, 0.15) is 20.8 Å². The minimum absolute atomic E-state index is 0.0461. The summed E-state index contributed by atoms with van der Waals surface area (Å²) in [4.78, 5) is 14.5. The molecule has 1 aliphatic rings. The van der Waals surface area contributed by atoms with Crippen molar-refractivity contribution in [1.82, 2.24) is 10.2 Å². The van der Waals surface area contributed by atoms with Crippen molar-refractivity contribution in [2.75, 3.05) is 32.8 Å². The van der Waals surface area contributed by atoms with Crippen LogP contribution < -0.4 is 11.1 Å². The van der Waals surface area contributed by atoms with Crippen molar-refractivity contribution in [1.29, 1.82) is 0 Å². The van der Waals surface area contributed by atoms with Gasteiger partial charge >= 0.3 is 0 Å². The number of morpholine rings is 1. The Bertz CT molecular complexity index is 320. The second-order valence-electron chi connectivity index (χ2n) is 5.09. The van der Waals surface area contributed by atoms with E-state index in [-0.39, 0.29) is 17.0 Å². The lowest BCUT2D eigenvalue weighted by atomic mass is 9.92. The first-order valence-corrected chi connectivity index (χ1v) is 6.71. The molecule has 1 heterocycles. The summed E-state index contributed by atoms with van der Waals surface area (Å²) < 4.78 is 5.61. The lowest BCUT2D eigenvalue weighted by Gasteiger charge is -2.32. The lowest BCUT2D eigenvalue weighted by molar-refractivity contribution is -0.127. The van der Waals surface area contributed by atoms with Crippen LogP contribution in [0.15, 0.2) is 0 Å². The van der Waals surface area contributed by atoms with E-state index >= 15 is 0 Å². The van der Waals surface area contributed by atoms with Gasteiger partial charge in [-0.05, 0) is 20.4 Å². The van der Waals surface area contributed by atoms with Crippen LogP contribution in [0.3, 0.4) is 0 Å². The summed E-state index contributed by atoms with van der Waals surface area (Å²) in [5.41, 5.74) is 4.74. The Labute approximate surface area is 114 Å². The minimum Gasteiger partial charge on any atom is -0.392 e. The fourth-order valence-corrected chi connectivity index (χ4v) is 1.82. The zero-order valence-corrected chi connectivity index (χ0v) is 12.2. The van der Waals surface area contributed by atoms with Gasteiger partial charge in [-0.1, -0.05) is 19.1 Å². The molecule has 1 rings (SSSR count). The van der Waals surface area contributed by atoms with E-state index in [1.807, 2.05) is 0 Å². The molecule has 0 aromatic rings. The summed E-state index contributed by atoms with van der Waals surface area (Å²) in [5.74, 6) is -0.146. The largest absolute Gasteiger partial charge is 0.392 e. The van der Waals surface area contributed by atoms with Crippen molar-refractivity contribution in [3.05, 3.63) is 0 Å². The fraction of sp³-hybridized carbons (Fsp3) is 0.833. The average molecular weight is 273 g/mol. The predicted octanol–water partition coefficient (Wildman–Crippen LogP) is 0.136. The normalized spacial score (nSPS) is 21.6. The maximum absolute atomic E-state index is 12.0. The van der Waals surface area contributed by atoms with Crippen molar-refractivity contribution in [2.24, 2.45) is 11.1 Å². The molecule has 6 heteroatoms. The third-order valence-corrected chi connectivity index (χ3v) is 3.85. The fourth-order valence-electron chi connectivity index (χ4n) is 1.73. The van der Waals surface area contributed by atoms with Crippen LogP contribution in [-0.2, 0) is 9.53 Å². The Kier molecular flexibility index (Phi) is 5.49. The van der Waals surface area contributed by atoms with Crippen molar-refractivity contribution in [3.8, 4) is 0 Å². The monoisotopic (exact) mass is 273 g/mol. The van der Waals surface area contributed by atoms with E-state index in [0.29, 0.717) is 13.2 Å².